The van der Waals surface area contributed by atoms with Gasteiger partial charge in [0.1, 0.15) is 0 Å². The van der Waals surface area contributed by atoms with Crippen LogP contribution in [-0.2, 0) is 14.3 Å². The number of methoxy groups -OCH3 is 2. The molecule has 2 aromatic carbocycles. The molecule has 0 radical (unpaired) electrons. The lowest BCUT2D eigenvalue weighted by atomic mass is 10.2. The summed E-state index contributed by atoms with van der Waals surface area (Å²) in [5, 5.41) is 0.0197. The molecule has 0 aromatic heterocycles. The molecule has 3 rings (SSSR count). The predicted octanol–water partition coefficient (Wildman–Crippen LogP) is 4.14. The number of ether oxygens (including phenoxy) is 3. The highest BCUT2D eigenvalue weighted by atomic mass is 35.5. The number of amides is 2. The number of thioether (sulfide) groups is 1. The van der Waals surface area contributed by atoms with Crippen LogP contribution in [0.1, 0.15) is 5.56 Å². The number of rotatable bonds is 6. The smallest absolute Gasteiger partial charge is 0.343 e. The second-order valence-corrected chi connectivity index (χ2v) is 7.20. The number of hydrogen-bond acceptors (Lipinski definition) is 7. The number of anilines is 1. The van der Waals surface area contributed by atoms with Crippen molar-refractivity contribution in [1.29, 1.82) is 0 Å². The fraction of sp³-hybridized carbons (Fsp3) is 0.150. The number of imide groups is 1. The van der Waals surface area contributed by atoms with E-state index in [1.165, 1.54) is 14.2 Å². The maximum absolute atomic E-state index is 12.7. The Labute approximate surface area is 176 Å². The van der Waals surface area contributed by atoms with Gasteiger partial charge in [-0.15, -0.1) is 0 Å². The summed E-state index contributed by atoms with van der Waals surface area (Å²) in [6, 6.07) is 11.5. The molecule has 1 aliphatic rings. The number of benzene rings is 2. The lowest BCUT2D eigenvalue weighted by molar-refractivity contribution is -0.142. The van der Waals surface area contributed by atoms with Crippen molar-refractivity contribution in [2.45, 2.75) is 0 Å². The molecule has 1 heterocycles. The minimum atomic E-state index is -0.522. The zero-order valence-electron chi connectivity index (χ0n) is 15.5. The Bertz CT molecular complexity index is 1010. The SMILES string of the molecule is COC(=O)COc1ccc(/C=C2\SC(=O)N(c3cccc(Cl)c3)C2=O)cc1OC. The van der Waals surface area contributed by atoms with Crippen LogP contribution in [0.25, 0.3) is 6.08 Å². The number of carbonyl (C=O) groups excluding carboxylic acids is 3. The fourth-order valence-electron chi connectivity index (χ4n) is 2.55. The van der Waals surface area contributed by atoms with E-state index in [9.17, 15) is 14.4 Å². The van der Waals surface area contributed by atoms with E-state index >= 15 is 0 Å². The van der Waals surface area contributed by atoms with Crippen molar-refractivity contribution >= 4 is 52.2 Å². The third-order valence-electron chi connectivity index (χ3n) is 3.92. The number of halogens is 1. The fourth-order valence-corrected chi connectivity index (χ4v) is 3.57. The third kappa shape index (κ3) is 4.72. The summed E-state index contributed by atoms with van der Waals surface area (Å²) in [5.74, 6) is -0.239. The van der Waals surface area contributed by atoms with Crippen molar-refractivity contribution in [3.63, 3.8) is 0 Å². The molecule has 0 bridgehead atoms. The predicted molar refractivity (Wildman–Crippen MR) is 110 cm³/mol. The van der Waals surface area contributed by atoms with E-state index in [2.05, 4.69) is 4.74 Å². The summed E-state index contributed by atoms with van der Waals surface area (Å²) in [7, 11) is 2.72. The van der Waals surface area contributed by atoms with E-state index in [0.29, 0.717) is 27.8 Å². The number of esters is 1. The molecule has 1 saturated heterocycles. The molecule has 2 aromatic rings. The Morgan fingerprint density at radius 2 is 1.93 bits per heavy atom. The van der Waals surface area contributed by atoms with Gasteiger partial charge in [0.05, 0.1) is 24.8 Å². The summed E-state index contributed by atoms with van der Waals surface area (Å²) >= 11 is 6.80. The standard InChI is InChI=1S/C20H16ClNO6S/c1-26-16-8-12(6-7-15(16)28-11-18(23)27-2)9-17-19(24)22(20(25)29-17)14-5-3-4-13(21)10-14/h3-10H,11H2,1-2H3/b17-9-. The van der Waals surface area contributed by atoms with Gasteiger partial charge in [-0.3, -0.25) is 9.59 Å². The normalized spacial score (nSPS) is 15.0. The molecule has 1 fully saturated rings. The topological polar surface area (TPSA) is 82.1 Å². The molecule has 7 nitrogen and oxygen atoms in total. The maximum Gasteiger partial charge on any atom is 0.343 e. The quantitative estimate of drug-likeness (QED) is 0.500. The Hall–Kier alpha value is -2.97. The van der Waals surface area contributed by atoms with Gasteiger partial charge < -0.3 is 14.2 Å². The molecule has 0 aliphatic carbocycles. The second kappa shape index (κ2) is 9.02. The van der Waals surface area contributed by atoms with Crippen molar-refractivity contribution in [2.24, 2.45) is 0 Å². The molecule has 2 amide bonds. The van der Waals surface area contributed by atoms with Crippen LogP contribution >= 0.6 is 23.4 Å². The van der Waals surface area contributed by atoms with Gasteiger partial charge in [-0.2, -0.15) is 0 Å². The zero-order valence-corrected chi connectivity index (χ0v) is 17.1. The molecular weight excluding hydrogens is 418 g/mol. The van der Waals surface area contributed by atoms with Gasteiger partial charge in [-0.05, 0) is 53.7 Å². The lowest BCUT2D eigenvalue weighted by Crippen LogP contribution is -2.27. The first kappa shape index (κ1) is 20.8. The summed E-state index contributed by atoms with van der Waals surface area (Å²) in [6.07, 6.45) is 1.59. The largest absolute Gasteiger partial charge is 0.493 e. The number of hydrogen-bond donors (Lipinski definition) is 0. The van der Waals surface area contributed by atoms with Crippen molar-refractivity contribution in [2.75, 3.05) is 25.7 Å². The van der Waals surface area contributed by atoms with E-state index in [-0.39, 0.29) is 11.5 Å². The summed E-state index contributed by atoms with van der Waals surface area (Å²) in [5.41, 5.74) is 1.04. The lowest BCUT2D eigenvalue weighted by Gasteiger charge is -2.12. The molecule has 0 N–H and O–H groups in total. The summed E-state index contributed by atoms with van der Waals surface area (Å²) < 4.78 is 15.2. The molecule has 29 heavy (non-hydrogen) atoms. The van der Waals surface area contributed by atoms with E-state index in [4.69, 9.17) is 21.1 Å². The average Bonchev–Trinajstić information content (AvgIpc) is 2.99. The van der Waals surface area contributed by atoms with Gasteiger partial charge in [0.2, 0.25) is 0 Å². The van der Waals surface area contributed by atoms with Crippen LogP contribution in [0.3, 0.4) is 0 Å². The van der Waals surface area contributed by atoms with Gasteiger partial charge in [0.25, 0.3) is 11.1 Å². The Morgan fingerprint density at radius 1 is 1.14 bits per heavy atom. The van der Waals surface area contributed by atoms with Crippen LogP contribution in [0.2, 0.25) is 5.02 Å². The van der Waals surface area contributed by atoms with Crippen LogP contribution in [0, 0.1) is 0 Å². The van der Waals surface area contributed by atoms with Crippen molar-refractivity contribution in [1.82, 2.24) is 0 Å². The summed E-state index contributed by atoms with van der Waals surface area (Å²) in [4.78, 5) is 37.7. The molecule has 0 atom stereocenters. The molecule has 0 spiro atoms. The Balaban J connectivity index is 1.83. The van der Waals surface area contributed by atoms with Gasteiger partial charge in [-0.1, -0.05) is 23.7 Å². The van der Waals surface area contributed by atoms with Gasteiger partial charge in [-0.25, -0.2) is 9.69 Å². The molecule has 1 aliphatic heterocycles. The van der Waals surface area contributed by atoms with Crippen LogP contribution in [0.4, 0.5) is 10.5 Å². The van der Waals surface area contributed by atoms with Gasteiger partial charge in [0, 0.05) is 5.02 Å². The first-order valence-corrected chi connectivity index (χ1v) is 9.53. The van der Waals surface area contributed by atoms with Crippen molar-refractivity contribution < 1.29 is 28.6 Å². The number of carbonyl (C=O) groups is 3. The van der Waals surface area contributed by atoms with Crippen LogP contribution < -0.4 is 14.4 Å². The maximum atomic E-state index is 12.7. The molecule has 150 valence electrons. The van der Waals surface area contributed by atoms with Gasteiger partial charge >= 0.3 is 5.97 Å². The Morgan fingerprint density at radius 3 is 2.62 bits per heavy atom. The molecule has 9 heteroatoms. The van der Waals surface area contributed by atoms with E-state index in [0.717, 1.165) is 16.7 Å². The second-order valence-electron chi connectivity index (χ2n) is 5.77. The average molecular weight is 434 g/mol. The molecular formula is C20H16ClNO6S. The van der Waals surface area contributed by atoms with Gasteiger partial charge in [0.15, 0.2) is 18.1 Å². The highest BCUT2D eigenvalue weighted by Gasteiger charge is 2.36. The van der Waals surface area contributed by atoms with E-state index in [1.54, 1.807) is 48.5 Å². The first-order chi connectivity index (χ1) is 13.9. The van der Waals surface area contributed by atoms with E-state index < -0.39 is 17.1 Å². The monoisotopic (exact) mass is 433 g/mol. The highest BCUT2D eigenvalue weighted by molar-refractivity contribution is 8.19. The minimum Gasteiger partial charge on any atom is -0.493 e. The van der Waals surface area contributed by atoms with E-state index in [1.807, 2.05) is 0 Å². The highest BCUT2D eigenvalue weighted by Crippen LogP contribution is 2.37. The molecule has 0 unspecified atom stereocenters. The van der Waals surface area contributed by atoms with Crippen LogP contribution in [0.15, 0.2) is 47.4 Å². The zero-order chi connectivity index (χ0) is 21.0. The minimum absolute atomic E-state index is 0.259. The van der Waals surface area contributed by atoms with Crippen LogP contribution in [0.5, 0.6) is 11.5 Å². The van der Waals surface area contributed by atoms with Crippen molar-refractivity contribution in [3.05, 3.63) is 58.0 Å². The molecule has 0 saturated carbocycles. The third-order valence-corrected chi connectivity index (χ3v) is 5.02. The van der Waals surface area contributed by atoms with Crippen LogP contribution in [-0.4, -0.2) is 37.9 Å². The first-order valence-electron chi connectivity index (χ1n) is 8.34. The Kier molecular flexibility index (Phi) is 6.46. The summed E-state index contributed by atoms with van der Waals surface area (Å²) in [6.45, 7) is -0.259. The van der Waals surface area contributed by atoms with Crippen molar-refractivity contribution in [3.8, 4) is 11.5 Å². The number of nitrogens with zero attached hydrogens (tertiary/aromatic N) is 1.